The van der Waals surface area contributed by atoms with Gasteiger partial charge in [-0.05, 0) is 44.0 Å². The number of benzene rings is 1. The highest BCUT2D eigenvalue weighted by Gasteiger charge is 2.16. The molecule has 0 spiro atoms. The fourth-order valence-corrected chi connectivity index (χ4v) is 2.81. The zero-order valence-corrected chi connectivity index (χ0v) is 10.6. The number of nitrogens with one attached hydrogen (secondary N) is 1. The van der Waals surface area contributed by atoms with E-state index in [1.54, 1.807) is 12.1 Å². The van der Waals surface area contributed by atoms with Gasteiger partial charge in [0.05, 0.1) is 4.90 Å². The van der Waals surface area contributed by atoms with E-state index in [4.69, 9.17) is 5.73 Å². The van der Waals surface area contributed by atoms with Crippen molar-refractivity contribution in [2.45, 2.75) is 38.1 Å². The summed E-state index contributed by atoms with van der Waals surface area (Å²) in [6.45, 7) is 5.58. The van der Waals surface area contributed by atoms with E-state index in [9.17, 15) is 8.42 Å². The third-order valence-corrected chi connectivity index (χ3v) is 3.92. The van der Waals surface area contributed by atoms with Crippen LogP contribution in [-0.4, -0.2) is 14.5 Å². The van der Waals surface area contributed by atoms with Crippen LogP contribution >= 0.6 is 0 Å². The first kappa shape index (κ1) is 13.0. The largest absolute Gasteiger partial charge is 0.399 e. The van der Waals surface area contributed by atoms with Gasteiger partial charge >= 0.3 is 0 Å². The fraction of sp³-hybridized carbons (Fsp3) is 0.455. The average Bonchev–Trinajstić information content (AvgIpc) is 2.15. The summed E-state index contributed by atoms with van der Waals surface area (Å²) in [5, 5.41) is 0. The first-order chi connectivity index (χ1) is 7.35. The van der Waals surface area contributed by atoms with E-state index in [1.165, 1.54) is 6.07 Å². The molecule has 0 fully saturated rings. The van der Waals surface area contributed by atoms with E-state index in [-0.39, 0.29) is 10.9 Å². The van der Waals surface area contributed by atoms with Crippen LogP contribution in [0.2, 0.25) is 0 Å². The molecule has 0 aliphatic rings. The molecule has 0 aliphatic heterocycles. The number of sulfonamides is 1. The van der Waals surface area contributed by atoms with Gasteiger partial charge in [0.2, 0.25) is 10.0 Å². The number of rotatable bonds is 4. The van der Waals surface area contributed by atoms with Crippen LogP contribution in [0.3, 0.4) is 0 Å². The second-order valence-corrected chi connectivity index (χ2v) is 5.72. The highest BCUT2D eigenvalue weighted by Crippen LogP contribution is 2.16. The molecule has 1 unspecified atom stereocenters. The van der Waals surface area contributed by atoms with E-state index in [0.29, 0.717) is 5.69 Å². The van der Waals surface area contributed by atoms with Crippen molar-refractivity contribution in [3.05, 3.63) is 23.8 Å². The second-order valence-electron chi connectivity index (χ2n) is 4.01. The van der Waals surface area contributed by atoms with Crippen LogP contribution in [0.15, 0.2) is 23.1 Å². The van der Waals surface area contributed by atoms with Crippen molar-refractivity contribution in [3.8, 4) is 0 Å². The van der Waals surface area contributed by atoms with Crippen LogP contribution in [0.25, 0.3) is 0 Å². The SMILES string of the molecule is CCC(C)NS(=O)(=O)c1cc(C)cc(N)c1. The van der Waals surface area contributed by atoms with Crippen molar-refractivity contribution in [3.63, 3.8) is 0 Å². The monoisotopic (exact) mass is 242 g/mol. The molecule has 16 heavy (non-hydrogen) atoms. The molecule has 1 aromatic rings. The summed E-state index contributed by atoms with van der Waals surface area (Å²) in [5.74, 6) is 0. The highest BCUT2D eigenvalue weighted by atomic mass is 32.2. The molecule has 5 heteroatoms. The van der Waals surface area contributed by atoms with E-state index in [1.807, 2.05) is 20.8 Å². The van der Waals surface area contributed by atoms with Gasteiger partial charge in [-0.3, -0.25) is 0 Å². The Kier molecular flexibility index (Phi) is 3.93. The summed E-state index contributed by atoms with van der Waals surface area (Å²) in [7, 11) is -3.45. The van der Waals surface area contributed by atoms with Gasteiger partial charge in [0.15, 0.2) is 0 Å². The van der Waals surface area contributed by atoms with Crippen LogP contribution in [0.5, 0.6) is 0 Å². The maximum Gasteiger partial charge on any atom is 0.240 e. The topological polar surface area (TPSA) is 72.2 Å². The lowest BCUT2D eigenvalue weighted by atomic mass is 10.2. The molecule has 1 rings (SSSR count). The molecule has 0 amide bonds. The summed E-state index contributed by atoms with van der Waals surface area (Å²) in [5.41, 5.74) is 6.93. The normalized spacial score (nSPS) is 13.7. The quantitative estimate of drug-likeness (QED) is 0.789. The minimum absolute atomic E-state index is 0.0771. The summed E-state index contributed by atoms with van der Waals surface area (Å²) in [6.07, 6.45) is 0.751. The van der Waals surface area contributed by atoms with Crippen LogP contribution in [0.4, 0.5) is 5.69 Å². The van der Waals surface area contributed by atoms with Crippen molar-refractivity contribution >= 4 is 15.7 Å². The molecule has 1 aromatic carbocycles. The molecule has 0 radical (unpaired) electrons. The van der Waals surface area contributed by atoms with Crippen molar-refractivity contribution in [1.29, 1.82) is 0 Å². The lowest BCUT2D eigenvalue weighted by Gasteiger charge is -2.12. The molecule has 3 N–H and O–H groups in total. The zero-order chi connectivity index (χ0) is 12.3. The fourth-order valence-electron chi connectivity index (χ4n) is 1.35. The Morgan fingerprint density at radius 3 is 2.50 bits per heavy atom. The van der Waals surface area contributed by atoms with Gasteiger partial charge in [-0.25, -0.2) is 13.1 Å². The van der Waals surface area contributed by atoms with Crippen LogP contribution in [-0.2, 0) is 10.0 Å². The standard InChI is InChI=1S/C11H18N2O2S/c1-4-9(3)13-16(14,15)11-6-8(2)5-10(12)7-11/h5-7,9,13H,4,12H2,1-3H3. The molecule has 90 valence electrons. The summed E-state index contributed by atoms with van der Waals surface area (Å²) >= 11 is 0. The molecule has 0 bridgehead atoms. The minimum atomic E-state index is -3.45. The Morgan fingerprint density at radius 2 is 2.00 bits per heavy atom. The number of aryl methyl sites for hydroxylation is 1. The molecule has 1 atom stereocenters. The van der Waals surface area contributed by atoms with Gasteiger partial charge in [-0.15, -0.1) is 0 Å². The van der Waals surface area contributed by atoms with Crippen molar-refractivity contribution < 1.29 is 8.42 Å². The average molecular weight is 242 g/mol. The third-order valence-electron chi connectivity index (χ3n) is 2.35. The zero-order valence-electron chi connectivity index (χ0n) is 9.82. The molecular weight excluding hydrogens is 224 g/mol. The smallest absolute Gasteiger partial charge is 0.240 e. The summed E-state index contributed by atoms with van der Waals surface area (Å²) in [4.78, 5) is 0.227. The predicted molar refractivity (Wildman–Crippen MR) is 65.7 cm³/mol. The minimum Gasteiger partial charge on any atom is -0.399 e. The van der Waals surface area contributed by atoms with E-state index < -0.39 is 10.0 Å². The molecule has 0 aromatic heterocycles. The van der Waals surface area contributed by atoms with Crippen LogP contribution < -0.4 is 10.5 Å². The first-order valence-electron chi connectivity index (χ1n) is 5.24. The Balaban J connectivity index is 3.07. The van der Waals surface area contributed by atoms with Gasteiger partial charge in [-0.1, -0.05) is 6.92 Å². The molecular formula is C11H18N2O2S. The number of hydrogen-bond donors (Lipinski definition) is 2. The molecule has 0 saturated heterocycles. The van der Waals surface area contributed by atoms with Crippen LogP contribution in [0.1, 0.15) is 25.8 Å². The molecule has 0 saturated carbocycles. The van der Waals surface area contributed by atoms with Crippen molar-refractivity contribution in [2.75, 3.05) is 5.73 Å². The Labute approximate surface area is 96.9 Å². The lowest BCUT2D eigenvalue weighted by molar-refractivity contribution is 0.556. The first-order valence-corrected chi connectivity index (χ1v) is 6.73. The van der Waals surface area contributed by atoms with Crippen molar-refractivity contribution in [2.24, 2.45) is 0 Å². The lowest BCUT2D eigenvalue weighted by Crippen LogP contribution is -2.32. The molecule has 4 nitrogen and oxygen atoms in total. The Bertz CT molecular complexity index is 449. The van der Waals surface area contributed by atoms with E-state index in [2.05, 4.69) is 4.72 Å². The second kappa shape index (κ2) is 4.84. The Morgan fingerprint density at radius 1 is 1.38 bits per heavy atom. The Hall–Kier alpha value is -1.07. The number of nitrogens with two attached hydrogens (primary N) is 1. The molecule has 0 heterocycles. The summed E-state index contributed by atoms with van der Waals surface area (Å²) in [6, 6.07) is 4.74. The van der Waals surface area contributed by atoms with Gasteiger partial charge in [0.1, 0.15) is 0 Å². The predicted octanol–water partition coefficient (Wildman–Crippen LogP) is 1.65. The highest BCUT2D eigenvalue weighted by molar-refractivity contribution is 7.89. The van der Waals surface area contributed by atoms with Gasteiger partial charge < -0.3 is 5.73 Å². The van der Waals surface area contributed by atoms with Gasteiger partial charge in [0.25, 0.3) is 0 Å². The number of nitrogen functional groups attached to an aromatic ring is 1. The summed E-state index contributed by atoms with van der Waals surface area (Å²) < 4.78 is 26.5. The maximum absolute atomic E-state index is 11.9. The molecule has 0 aliphatic carbocycles. The van der Waals surface area contributed by atoms with Crippen molar-refractivity contribution in [1.82, 2.24) is 4.72 Å². The van der Waals surface area contributed by atoms with Gasteiger partial charge in [-0.2, -0.15) is 0 Å². The maximum atomic E-state index is 11.9. The van der Waals surface area contributed by atoms with Gasteiger partial charge in [0, 0.05) is 11.7 Å². The third kappa shape index (κ3) is 3.21. The number of hydrogen-bond acceptors (Lipinski definition) is 3. The van der Waals surface area contributed by atoms with Crippen LogP contribution in [0, 0.1) is 6.92 Å². The van der Waals surface area contributed by atoms with E-state index in [0.717, 1.165) is 12.0 Å². The van der Waals surface area contributed by atoms with E-state index >= 15 is 0 Å². The number of anilines is 1.